The molecule has 5 saturated carbocycles. The second-order valence-corrected chi connectivity index (χ2v) is 11.1. The molecular weight excluding hydrogens is 268 g/mol. The highest BCUT2D eigenvalue weighted by Gasteiger charge is 2.82. The lowest BCUT2D eigenvalue weighted by atomic mass is 9.62. The lowest BCUT2D eigenvalue weighted by molar-refractivity contribution is -0.00240. The molecular formula is C21H34O. The Hall–Kier alpha value is -0.0400. The monoisotopic (exact) mass is 302 g/mol. The van der Waals surface area contributed by atoms with Crippen LogP contribution >= 0.6 is 0 Å². The van der Waals surface area contributed by atoms with Crippen LogP contribution in [0.4, 0.5) is 0 Å². The summed E-state index contributed by atoms with van der Waals surface area (Å²) in [5.41, 5.74) is 0.693. The van der Waals surface area contributed by atoms with Crippen molar-refractivity contribution in [3.8, 4) is 0 Å². The van der Waals surface area contributed by atoms with Crippen molar-refractivity contribution in [1.29, 1.82) is 0 Å². The predicted octanol–water partition coefficient (Wildman–Crippen LogP) is 4.74. The van der Waals surface area contributed by atoms with E-state index in [0.29, 0.717) is 16.7 Å². The van der Waals surface area contributed by atoms with Gasteiger partial charge in [-0.05, 0) is 97.2 Å². The van der Waals surface area contributed by atoms with Crippen LogP contribution < -0.4 is 0 Å². The molecule has 10 unspecified atom stereocenters. The van der Waals surface area contributed by atoms with Crippen LogP contribution in [0.25, 0.3) is 0 Å². The van der Waals surface area contributed by atoms with Crippen LogP contribution in [0, 0.1) is 58.2 Å². The molecule has 124 valence electrons. The van der Waals surface area contributed by atoms with Gasteiger partial charge < -0.3 is 5.11 Å². The highest BCUT2D eigenvalue weighted by atomic mass is 16.3. The summed E-state index contributed by atoms with van der Waals surface area (Å²) in [5, 5.41) is 11.3. The Morgan fingerprint density at radius 1 is 0.955 bits per heavy atom. The van der Waals surface area contributed by atoms with Gasteiger partial charge in [-0.15, -0.1) is 0 Å². The van der Waals surface area contributed by atoms with Gasteiger partial charge >= 0.3 is 0 Å². The first-order valence-corrected chi connectivity index (χ1v) is 9.92. The number of hydrogen-bond acceptors (Lipinski definition) is 1. The van der Waals surface area contributed by atoms with Crippen molar-refractivity contribution in [3.63, 3.8) is 0 Å². The molecule has 1 N–H and O–H groups in total. The molecule has 5 rings (SSSR count). The average molecular weight is 303 g/mol. The van der Waals surface area contributed by atoms with Gasteiger partial charge in [-0.25, -0.2) is 0 Å². The molecule has 0 heterocycles. The molecule has 5 aliphatic rings. The zero-order chi connectivity index (χ0) is 15.7. The summed E-state index contributed by atoms with van der Waals surface area (Å²) in [5.74, 6) is 6.91. The first-order valence-electron chi connectivity index (χ1n) is 9.92. The third kappa shape index (κ3) is 1.47. The molecule has 1 heteroatoms. The zero-order valence-electron chi connectivity index (χ0n) is 15.1. The largest absolute Gasteiger partial charge is 0.390 e. The van der Waals surface area contributed by atoms with Gasteiger partial charge in [0.2, 0.25) is 0 Å². The summed E-state index contributed by atoms with van der Waals surface area (Å²) in [6, 6.07) is 0. The van der Waals surface area contributed by atoms with E-state index >= 15 is 0 Å². The van der Waals surface area contributed by atoms with E-state index in [9.17, 15) is 5.11 Å². The Morgan fingerprint density at radius 3 is 2.41 bits per heavy atom. The van der Waals surface area contributed by atoms with Gasteiger partial charge in [0.05, 0.1) is 5.60 Å². The summed E-state index contributed by atoms with van der Waals surface area (Å²) < 4.78 is 0. The van der Waals surface area contributed by atoms with Crippen molar-refractivity contribution >= 4 is 0 Å². The Balaban J connectivity index is 1.62. The Morgan fingerprint density at radius 2 is 1.68 bits per heavy atom. The summed E-state index contributed by atoms with van der Waals surface area (Å²) >= 11 is 0. The molecule has 5 aliphatic carbocycles. The molecule has 5 fully saturated rings. The minimum absolute atomic E-state index is 0.387. The maximum absolute atomic E-state index is 11.3. The van der Waals surface area contributed by atoms with Gasteiger partial charge in [0.25, 0.3) is 0 Å². The minimum Gasteiger partial charge on any atom is -0.390 e. The van der Waals surface area contributed by atoms with E-state index in [1.807, 2.05) is 0 Å². The highest BCUT2D eigenvalue weighted by Crippen LogP contribution is 2.86. The van der Waals surface area contributed by atoms with Crippen LogP contribution in [-0.4, -0.2) is 10.7 Å². The van der Waals surface area contributed by atoms with E-state index in [1.54, 1.807) is 0 Å². The SMILES string of the molecule is CC1CC2CC(C)(O)C3CC34C(C(C)CC3C4C3(C)C)C2C1. The van der Waals surface area contributed by atoms with Gasteiger partial charge in [-0.1, -0.05) is 27.7 Å². The second-order valence-electron chi connectivity index (χ2n) is 11.1. The number of hydrogen-bond donors (Lipinski definition) is 1. The highest BCUT2D eigenvalue weighted by molar-refractivity contribution is 5.30. The summed E-state index contributed by atoms with van der Waals surface area (Å²) in [6.07, 6.45) is 6.73. The Kier molecular flexibility index (Phi) is 2.46. The summed E-state index contributed by atoms with van der Waals surface area (Å²) in [7, 11) is 0. The normalized spacial score (nSPS) is 67.4. The number of aliphatic hydroxyl groups is 1. The van der Waals surface area contributed by atoms with Crippen LogP contribution in [0.15, 0.2) is 0 Å². The van der Waals surface area contributed by atoms with Crippen LogP contribution in [0.3, 0.4) is 0 Å². The molecule has 0 aromatic carbocycles. The Bertz CT molecular complexity index is 520. The lowest BCUT2D eigenvalue weighted by Gasteiger charge is -2.42. The third-order valence-corrected chi connectivity index (χ3v) is 9.41. The molecule has 1 spiro atoms. The summed E-state index contributed by atoms with van der Waals surface area (Å²) in [6.45, 7) is 12.3. The average Bonchev–Trinajstić information content (AvgIpc) is 3.18. The lowest BCUT2D eigenvalue weighted by Crippen LogP contribution is -2.38. The van der Waals surface area contributed by atoms with E-state index in [2.05, 4.69) is 34.6 Å². The topological polar surface area (TPSA) is 20.2 Å². The fourth-order valence-corrected chi connectivity index (χ4v) is 8.95. The van der Waals surface area contributed by atoms with Crippen LogP contribution in [0.2, 0.25) is 0 Å². The van der Waals surface area contributed by atoms with Crippen molar-refractivity contribution in [2.45, 2.75) is 72.3 Å². The van der Waals surface area contributed by atoms with Crippen LogP contribution in [0.1, 0.15) is 66.7 Å². The molecule has 0 bridgehead atoms. The standard InChI is InChI=1S/C21H34O/c1-11-6-13-9-20(5,22)16-10-21(16)17(14(13)7-11)12(2)8-15-18(21)19(15,3)4/h11-18,22H,6-10H2,1-5H3. The van der Waals surface area contributed by atoms with E-state index in [1.165, 1.54) is 25.7 Å². The Labute approximate surface area is 136 Å². The fraction of sp³-hybridized carbons (Fsp3) is 1.00. The van der Waals surface area contributed by atoms with E-state index < -0.39 is 0 Å². The van der Waals surface area contributed by atoms with Crippen molar-refractivity contribution in [3.05, 3.63) is 0 Å². The molecule has 0 amide bonds. The molecule has 0 saturated heterocycles. The summed E-state index contributed by atoms with van der Waals surface area (Å²) in [4.78, 5) is 0. The fourth-order valence-electron chi connectivity index (χ4n) is 8.95. The van der Waals surface area contributed by atoms with Gasteiger partial charge in [0, 0.05) is 0 Å². The van der Waals surface area contributed by atoms with Crippen LogP contribution in [-0.2, 0) is 0 Å². The molecule has 0 aromatic heterocycles. The number of rotatable bonds is 0. The smallest absolute Gasteiger partial charge is 0.0656 e. The van der Waals surface area contributed by atoms with Crippen molar-refractivity contribution in [2.24, 2.45) is 58.2 Å². The van der Waals surface area contributed by atoms with Crippen LogP contribution in [0.5, 0.6) is 0 Å². The second kappa shape index (κ2) is 3.79. The van der Waals surface area contributed by atoms with E-state index in [4.69, 9.17) is 0 Å². The van der Waals surface area contributed by atoms with Gasteiger partial charge in [-0.3, -0.25) is 0 Å². The quantitative estimate of drug-likeness (QED) is 0.685. The van der Waals surface area contributed by atoms with E-state index in [-0.39, 0.29) is 5.60 Å². The van der Waals surface area contributed by atoms with Crippen molar-refractivity contribution < 1.29 is 5.11 Å². The minimum atomic E-state index is -0.387. The zero-order valence-corrected chi connectivity index (χ0v) is 15.1. The van der Waals surface area contributed by atoms with Gasteiger partial charge in [0.1, 0.15) is 0 Å². The van der Waals surface area contributed by atoms with E-state index in [0.717, 1.165) is 47.8 Å². The molecule has 1 nitrogen and oxygen atoms in total. The van der Waals surface area contributed by atoms with Gasteiger partial charge in [-0.2, -0.15) is 0 Å². The molecule has 0 aliphatic heterocycles. The first kappa shape index (κ1) is 14.3. The molecule has 22 heavy (non-hydrogen) atoms. The van der Waals surface area contributed by atoms with Crippen molar-refractivity contribution in [2.75, 3.05) is 0 Å². The maximum Gasteiger partial charge on any atom is 0.0656 e. The molecule has 10 atom stereocenters. The third-order valence-electron chi connectivity index (χ3n) is 9.41. The molecule has 0 radical (unpaired) electrons. The predicted molar refractivity (Wildman–Crippen MR) is 89.2 cm³/mol. The van der Waals surface area contributed by atoms with Crippen molar-refractivity contribution in [1.82, 2.24) is 0 Å². The number of fused-ring (bicyclic) bond motifs is 3. The first-order chi connectivity index (χ1) is 10.2. The van der Waals surface area contributed by atoms with Gasteiger partial charge in [0.15, 0.2) is 0 Å². The maximum atomic E-state index is 11.3. The molecule has 0 aromatic rings.